The van der Waals surface area contributed by atoms with Crippen LogP contribution in [0.2, 0.25) is 0 Å². The Hall–Kier alpha value is -1.29. The van der Waals surface area contributed by atoms with Gasteiger partial charge in [0, 0.05) is 12.5 Å². The van der Waals surface area contributed by atoms with E-state index in [1.54, 1.807) is 0 Å². The van der Waals surface area contributed by atoms with E-state index in [1.807, 2.05) is 12.1 Å². The van der Waals surface area contributed by atoms with Crippen LogP contribution in [-0.2, 0) is 6.42 Å². The van der Waals surface area contributed by atoms with E-state index in [4.69, 9.17) is 17.0 Å². The second-order valence-corrected chi connectivity index (χ2v) is 5.09. The maximum absolute atomic E-state index is 5.83. The second-order valence-electron chi connectivity index (χ2n) is 4.68. The van der Waals surface area contributed by atoms with Crippen molar-refractivity contribution in [1.82, 2.24) is 10.6 Å². The number of nitrogens with one attached hydrogen (secondary N) is 2. The number of hydrogen-bond acceptors (Lipinski definition) is 2. The number of fused-ring (bicyclic) bond motifs is 1. The van der Waals surface area contributed by atoms with E-state index in [0.717, 1.165) is 23.8 Å². The van der Waals surface area contributed by atoms with E-state index in [9.17, 15) is 0 Å². The fourth-order valence-electron chi connectivity index (χ4n) is 2.04. The van der Waals surface area contributed by atoms with Crippen molar-refractivity contribution in [2.24, 2.45) is 0 Å². The molecule has 1 saturated carbocycles. The summed E-state index contributed by atoms with van der Waals surface area (Å²) in [7, 11) is 0. The standard InChI is InChI=1S/C13H16N2OS/c17-13(15-10-5-6-10)14-8-11-7-9-3-1-2-4-12(9)16-11/h1-4,10-11H,5-8H2,(H2,14,15,17). The minimum absolute atomic E-state index is 0.200. The van der Waals surface area contributed by atoms with Crippen LogP contribution in [0.5, 0.6) is 5.75 Å². The monoisotopic (exact) mass is 248 g/mol. The summed E-state index contributed by atoms with van der Waals surface area (Å²) < 4.78 is 5.83. The van der Waals surface area contributed by atoms with Gasteiger partial charge in [0.1, 0.15) is 11.9 Å². The van der Waals surface area contributed by atoms with Crippen LogP contribution in [0.15, 0.2) is 24.3 Å². The molecule has 4 heteroatoms. The van der Waals surface area contributed by atoms with Gasteiger partial charge >= 0.3 is 0 Å². The van der Waals surface area contributed by atoms with Crippen molar-refractivity contribution in [3.8, 4) is 5.75 Å². The van der Waals surface area contributed by atoms with Gasteiger partial charge in [0.2, 0.25) is 0 Å². The summed E-state index contributed by atoms with van der Waals surface area (Å²) in [5.74, 6) is 1.01. The molecular formula is C13H16N2OS. The Labute approximate surface area is 107 Å². The van der Waals surface area contributed by atoms with Crippen LogP contribution in [0.1, 0.15) is 18.4 Å². The van der Waals surface area contributed by atoms with Crippen molar-refractivity contribution in [3.05, 3.63) is 29.8 Å². The minimum Gasteiger partial charge on any atom is -0.488 e. The highest BCUT2D eigenvalue weighted by Crippen LogP contribution is 2.27. The van der Waals surface area contributed by atoms with E-state index in [0.29, 0.717) is 6.04 Å². The lowest BCUT2D eigenvalue weighted by atomic mass is 10.1. The molecular weight excluding hydrogens is 232 g/mol. The molecule has 0 spiro atoms. The third-order valence-corrected chi connectivity index (χ3v) is 3.38. The molecule has 0 radical (unpaired) electrons. The highest BCUT2D eigenvalue weighted by Gasteiger charge is 2.24. The van der Waals surface area contributed by atoms with Gasteiger partial charge in [-0.25, -0.2) is 0 Å². The molecule has 1 aliphatic carbocycles. The lowest BCUT2D eigenvalue weighted by Crippen LogP contribution is -2.41. The van der Waals surface area contributed by atoms with Crippen LogP contribution < -0.4 is 15.4 Å². The summed E-state index contributed by atoms with van der Waals surface area (Å²) >= 11 is 5.21. The molecule has 0 saturated heterocycles. The van der Waals surface area contributed by atoms with Crippen LogP contribution in [-0.4, -0.2) is 23.8 Å². The predicted octanol–water partition coefficient (Wildman–Crippen LogP) is 1.62. The second kappa shape index (κ2) is 4.53. The molecule has 0 aromatic heterocycles. The normalized spacial score (nSPS) is 21.5. The molecule has 1 heterocycles. The lowest BCUT2D eigenvalue weighted by molar-refractivity contribution is 0.235. The maximum atomic E-state index is 5.83. The maximum Gasteiger partial charge on any atom is 0.166 e. The zero-order valence-corrected chi connectivity index (χ0v) is 10.4. The van der Waals surface area contributed by atoms with Crippen molar-refractivity contribution in [1.29, 1.82) is 0 Å². The number of rotatable bonds is 3. The number of benzene rings is 1. The van der Waals surface area contributed by atoms with Gasteiger partial charge in [0.15, 0.2) is 5.11 Å². The molecule has 0 amide bonds. The smallest absolute Gasteiger partial charge is 0.166 e. The van der Waals surface area contributed by atoms with Crippen molar-refractivity contribution >= 4 is 17.3 Å². The molecule has 0 bridgehead atoms. The van der Waals surface area contributed by atoms with Crippen molar-refractivity contribution in [2.75, 3.05) is 6.54 Å². The number of hydrogen-bond donors (Lipinski definition) is 2. The first-order valence-corrected chi connectivity index (χ1v) is 6.51. The topological polar surface area (TPSA) is 33.3 Å². The van der Waals surface area contributed by atoms with E-state index in [-0.39, 0.29) is 6.10 Å². The summed E-state index contributed by atoms with van der Waals surface area (Å²) in [6, 6.07) is 8.81. The lowest BCUT2D eigenvalue weighted by Gasteiger charge is -2.14. The fourth-order valence-corrected chi connectivity index (χ4v) is 2.29. The Balaban J connectivity index is 1.47. The summed E-state index contributed by atoms with van der Waals surface area (Å²) in [4.78, 5) is 0. The van der Waals surface area contributed by atoms with Crippen LogP contribution in [0.3, 0.4) is 0 Å². The van der Waals surface area contributed by atoms with E-state index in [2.05, 4.69) is 22.8 Å². The average Bonchev–Trinajstić information content (AvgIpc) is 3.03. The number of ether oxygens (including phenoxy) is 1. The van der Waals surface area contributed by atoms with Crippen LogP contribution in [0.4, 0.5) is 0 Å². The van der Waals surface area contributed by atoms with Crippen molar-refractivity contribution in [3.63, 3.8) is 0 Å². The van der Waals surface area contributed by atoms with Gasteiger partial charge in [0.05, 0.1) is 6.54 Å². The first kappa shape index (κ1) is 10.8. The van der Waals surface area contributed by atoms with Crippen LogP contribution in [0, 0.1) is 0 Å². The molecule has 1 aromatic carbocycles. The zero-order chi connectivity index (χ0) is 11.7. The van der Waals surface area contributed by atoms with E-state index < -0.39 is 0 Å². The number of thiocarbonyl (C=S) groups is 1. The molecule has 2 aliphatic rings. The molecule has 1 aromatic rings. The van der Waals surface area contributed by atoms with Crippen molar-refractivity contribution in [2.45, 2.75) is 31.4 Å². The third-order valence-electron chi connectivity index (χ3n) is 3.12. The Bertz CT molecular complexity index is 406. The minimum atomic E-state index is 0.200. The van der Waals surface area contributed by atoms with E-state index >= 15 is 0 Å². The summed E-state index contributed by atoms with van der Waals surface area (Å²) in [5.41, 5.74) is 1.29. The van der Waals surface area contributed by atoms with Crippen molar-refractivity contribution < 1.29 is 4.74 Å². The zero-order valence-electron chi connectivity index (χ0n) is 9.61. The van der Waals surface area contributed by atoms with Crippen LogP contribution >= 0.6 is 12.2 Å². The highest BCUT2D eigenvalue weighted by molar-refractivity contribution is 7.80. The van der Waals surface area contributed by atoms with Crippen LogP contribution in [0.25, 0.3) is 0 Å². The van der Waals surface area contributed by atoms with Gasteiger partial charge in [0.25, 0.3) is 0 Å². The van der Waals surface area contributed by atoms with Gasteiger partial charge in [-0.3, -0.25) is 0 Å². The Morgan fingerprint density at radius 2 is 2.18 bits per heavy atom. The first-order chi connectivity index (χ1) is 8.31. The summed E-state index contributed by atoms with van der Waals surface area (Å²) in [5, 5.41) is 7.25. The SMILES string of the molecule is S=C(NCC1Cc2ccccc2O1)NC1CC1. The largest absolute Gasteiger partial charge is 0.488 e. The Morgan fingerprint density at radius 1 is 1.35 bits per heavy atom. The number of para-hydroxylation sites is 1. The quantitative estimate of drug-likeness (QED) is 0.796. The van der Waals surface area contributed by atoms with Gasteiger partial charge < -0.3 is 15.4 Å². The predicted molar refractivity (Wildman–Crippen MR) is 71.3 cm³/mol. The third kappa shape index (κ3) is 2.69. The summed E-state index contributed by atoms with van der Waals surface area (Å²) in [6.45, 7) is 0.771. The van der Waals surface area contributed by atoms with Gasteiger partial charge in [-0.05, 0) is 36.7 Å². The molecule has 1 fully saturated rings. The van der Waals surface area contributed by atoms with Gasteiger partial charge in [-0.15, -0.1) is 0 Å². The molecule has 1 atom stereocenters. The molecule has 3 rings (SSSR count). The van der Waals surface area contributed by atoms with Gasteiger partial charge in [-0.1, -0.05) is 18.2 Å². The molecule has 90 valence electrons. The molecule has 17 heavy (non-hydrogen) atoms. The molecule has 3 nitrogen and oxygen atoms in total. The fraction of sp³-hybridized carbons (Fsp3) is 0.462. The summed E-state index contributed by atoms with van der Waals surface area (Å²) in [6.07, 6.45) is 3.65. The first-order valence-electron chi connectivity index (χ1n) is 6.10. The average molecular weight is 248 g/mol. The Morgan fingerprint density at radius 3 is 2.94 bits per heavy atom. The molecule has 2 N–H and O–H groups in total. The van der Waals surface area contributed by atoms with Gasteiger partial charge in [-0.2, -0.15) is 0 Å². The van der Waals surface area contributed by atoms with E-state index in [1.165, 1.54) is 18.4 Å². The Kier molecular flexibility index (Phi) is 2.89. The molecule has 1 unspecified atom stereocenters. The highest BCUT2D eigenvalue weighted by atomic mass is 32.1. The molecule has 1 aliphatic heterocycles.